The number of hydrogen-bond acceptors (Lipinski definition) is 3. The summed E-state index contributed by atoms with van der Waals surface area (Å²) < 4.78 is 0. The molecule has 4 nitrogen and oxygen atoms in total. The summed E-state index contributed by atoms with van der Waals surface area (Å²) in [6.07, 6.45) is 2.32. The molecule has 1 saturated carbocycles. The highest BCUT2D eigenvalue weighted by Gasteiger charge is 2.43. The number of fused-ring (bicyclic) bond motifs is 1. The smallest absolute Gasteiger partial charge is 0.0997 e. The average Bonchev–Trinajstić information content (AvgIpc) is 3.10. The molecule has 92 valence electrons. The Morgan fingerprint density at radius 2 is 1.94 bits per heavy atom. The van der Waals surface area contributed by atoms with Crippen molar-refractivity contribution >= 4 is 0 Å². The van der Waals surface area contributed by atoms with Gasteiger partial charge in [0.05, 0.1) is 11.4 Å². The van der Waals surface area contributed by atoms with Crippen LogP contribution in [0.15, 0.2) is 30.3 Å². The van der Waals surface area contributed by atoms with Gasteiger partial charge in [-0.3, -0.25) is 4.90 Å². The van der Waals surface area contributed by atoms with Crippen molar-refractivity contribution in [2.45, 2.75) is 31.3 Å². The van der Waals surface area contributed by atoms with Crippen LogP contribution in [-0.4, -0.2) is 32.9 Å². The SMILES string of the molecule is c1ccc(C2CC2N2CCc3n[nH]nc3C2)cc1. The van der Waals surface area contributed by atoms with Crippen molar-refractivity contribution in [3.63, 3.8) is 0 Å². The zero-order valence-corrected chi connectivity index (χ0v) is 10.2. The third-order valence-electron chi connectivity index (χ3n) is 4.15. The lowest BCUT2D eigenvalue weighted by atomic mass is 10.1. The van der Waals surface area contributed by atoms with Crippen molar-refractivity contribution in [2.75, 3.05) is 6.54 Å². The van der Waals surface area contributed by atoms with E-state index in [1.54, 1.807) is 0 Å². The molecule has 1 aliphatic carbocycles. The fraction of sp³-hybridized carbons (Fsp3) is 0.429. The van der Waals surface area contributed by atoms with Gasteiger partial charge in [-0.15, -0.1) is 0 Å². The maximum Gasteiger partial charge on any atom is 0.0997 e. The molecule has 1 aromatic carbocycles. The summed E-state index contributed by atoms with van der Waals surface area (Å²) in [6.45, 7) is 2.08. The van der Waals surface area contributed by atoms with Gasteiger partial charge in [-0.25, -0.2) is 0 Å². The zero-order chi connectivity index (χ0) is 11.9. The quantitative estimate of drug-likeness (QED) is 0.869. The van der Waals surface area contributed by atoms with Crippen molar-refractivity contribution in [2.24, 2.45) is 0 Å². The molecule has 2 aliphatic rings. The lowest BCUT2D eigenvalue weighted by Gasteiger charge is -2.25. The number of aromatic amines is 1. The first-order chi connectivity index (χ1) is 8.92. The number of nitrogens with one attached hydrogen (secondary N) is 1. The van der Waals surface area contributed by atoms with E-state index in [1.165, 1.54) is 12.0 Å². The van der Waals surface area contributed by atoms with Crippen molar-refractivity contribution < 1.29 is 0 Å². The number of hydrogen-bond donors (Lipinski definition) is 1. The zero-order valence-electron chi connectivity index (χ0n) is 10.2. The van der Waals surface area contributed by atoms with Crippen LogP contribution < -0.4 is 0 Å². The maximum absolute atomic E-state index is 4.24. The molecule has 0 radical (unpaired) electrons. The van der Waals surface area contributed by atoms with Gasteiger partial charge in [0.15, 0.2) is 0 Å². The lowest BCUT2D eigenvalue weighted by molar-refractivity contribution is 0.235. The Hall–Kier alpha value is -1.68. The third kappa shape index (κ3) is 1.64. The molecule has 4 rings (SSSR count). The Morgan fingerprint density at radius 3 is 2.83 bits per heavy atom. The molecule has 0 spiro atoms. The largest absolute Gasteiger partial charge is 0.293 e. The van der Waals surface area contributed by atoms with Crippen LogP contribution in [0.2, 0.25) is 0 Å². The van der Waals surface area contributed by atoms with Crippen molar-refractivity contribution in [3.8, 4) is 0 Å². The topological polar surface area (TPSA) is 44.8 Å². The lowest BCUT2D eigenvalue weighted by Crippen LogP contribution is -2.33. The van der Waals surface area contributed by atoms with E-state index in [1.807, 2.05) is 0 Å². The third-order valence-corrected chi connectivity index (χ3v) is 4.15. The van der Waals surface area contributed by atoms with Gasteiger partial charge < -0.3 is 0 Å². The van der Waals surface area contributed by atoms with Gasteiger partial charge >= 0.3 is 0 Å². The summed E-state index contributed by atoms with van der Waals surface area (Å²) in [4.78, 5) is 2.56. The van der Waals surface area contributed by atoms with Gasteiger partial charge in [0.2, 0.25) is 0 Å². The van der Waals surface area contributed by atoms with Gasteiger partial charge in [-0.2, -0.15) is 15.4 Å². The fourth-order valence-corrected chi connectivity index (χ4v) is 3.05. The fourth-order valence-electron chi connectivity index (χ4n) is 3.05. The molecule has 2 aromatic rings. The number of aromatic nitrogens is 3. The molecule has 2 heterocycles. The molecule has 0 bridgehead atoms. The first kappa shape index (κ1) is 10.3. The number of nitrogens with zero attached hydrogens (tertiary/aromatic N) is 3. The van der Waals surface area contributed by atoms with Crippen LogP contribution in [-0.2, 0) is 13.0 Å². The minimum absolute atomic E-state index is 0.706. The van der Waals surface area contributed by atoms with Crippen molar-refractivity contribution in [3.05, 3.63) is 47.3 Å². The van der Waals surface area contributed by atoms with Gasteiger partial charge in [-0.1, -0.05) is 30.3 Å². The molecule has 2 unspecified atom stereocenters. The average molecular weight is 240 g/mol. The molecular formula is C14H16N4. The maximum atomic E-state index is 4.24. The van der Waals surface area contributed by atoms with E-state index in [2.05, 4.69) is 50.6 Å². The Labute approximate surface area is 106 Å². The second-order valence-electron chi connectivity index (χ2n) is 5.26. The Morgan fingerprint density at radius 1 is 1.11 bits per heavy atom. The number of H-pyrrole nitrogens is 1. The first-order valence-corrected chi connectivity index (χ1v) is 6.59. The Bertz CT molecular complexity index is 548. The summed E-state index contributed by atoms with van der Waals surface area (Å²) in [6, 6.07) is 11.6. The molecule has 1 aliphatic heterocycles. The summed E-state index contributed by atoms with van der Waals surface area (Å²) in [5.41, 5.74) is 3.77. The van der Waals surface area contributed by atoms with E-state index in [-0.39, 0.29) is 0 Å². The van der Waals surface area contributed by atoms with E-state index in [0.29, 0.717) is 6.04 Å². The predicted molar refractivity (Wildman–Crippen MR) is 68.1 cm³/mol. The van der Waals surface area contributed by atoms with Crippen LogP contribution in [0.4, 0.5) is 0 Å². The molecule has 1 fully saturated rings. The van der Waals surface area contributed by atoms with Gasteiger partial charge in [-0.05, 0) is 12.0 Å². The van der Waals surface area contributed by atoms with E-state index in [9.17, 15) is 0 Å². The summed E-state index contributed by atoms with van der Waals surface area (Å²) in [7, 11) is 0. The molecule has 0 amide bonds. The first-order valence-electron chi connectivity index (χ1n) is 6.59. The summed E-state index contributed by atoms with van der Waals surface area (Å²) >= 11 is 0. The van der Waals surface area contributed by atoms with Gasteiger partial charge in [0.25, 0.3) is 0 Å². The molecule has 1 N–H and O–H groups in total. The number of rotatable bonds is 2. The van der Waals surface area contributed by atoms with Gasteiger partial charge in [0, 0.05) is 31.5 Å². The van der Waals surface area contributed by atoms with E-state index >= 15 is 0 Å². The minimum atomic E-state index is 0.706. The molecular weight excluding hydrogens is 224 g/mol. The van der Waals surface area contributed by atoms with Crippen LogP contribution in [0, 0.1) is 0 Å². The summed E-state index contributed by atoms with van der Waals surface area (Å²) in [5.74, 6) is 0.722. The number of benzene rings is 1. The predicted octanol–water partition coefficient (Wildman–Crippen LogP) is 1.72. The Balaban J connectivity index is 1.49. The second-order valence-corrected chi connectivity index (χ2v) is 5.26. The highest BCUT2D eigenvalue weighted by atomic mass is 15.4. The van der Waals surface area contributed by atoms with Crippen molar-refractivity contribution in [1.29, 1.82) is 0 Å². The molecule has 4 heteroatoms. The van der Waals surface area contributed by atoms with Crippen LogP contribution in [0.25, 0.3) is 0 Å². The van der Waals surface area contributed by atoms with Crippen LogP contribution in [0.1, 0.15) is 29.3 Å². The van der Waals surface area contributed by atoms with Crippen LogP contribution in [0.3, 0.4) is 0 Å². The van der Waals surface area contributed by atoms with E-state index in [0.717, 1.165) is 36.8 Å². The van der Waals surface area contributed by atoms with Gasteiger partial charge in [0.1, 0.15) is 0 Å². The monoisotopic (exact) mass is 240 g/mol. The minimum Gasteiger partial charge on any atom is -0.293 e. The summed E-state index contributed by atoms with van der Waals surface area (Å²) in [5, 5.41) is 11.2. The standard InChI is InChI=1S/C14H16N4/c1-2-4-10(5-3-1)11-8-14(11)18-7-6-12-13(9-18)16-17-15-12/h1-5,11,14H,6-9H2,(H,15,16,17). The molecule has 1 aromatic heterocycles. The van der Waals surface area contributed by atoms with E-state index < -0.39 is 0 Å². The highest BCUT2D eigenvalue weighted by Crippen LogP contribution is 2.45. The normalized spacial score (nSPS) is 26.9. The molecule has 2 atom stereocenters. The van der Waals surface area contributed by atoms with E-state index in [4.69, 9.17) is 0 Å². The highest BCUT2D eigenvalue weighted by molar-refractivity contribution is 5.28. The second kappa shape index (κ2) is 3.92. The molecule has 0 saturated heterocycles. The molecule has 18 heavy (non-hydrogen) atoms. The van der Waals surface area contributed by atoms with Crippen LogP contribution >= 0.6 is 0 Å². The Kier molecular flexibility index (Phi) is 2.23. The van der Waals surface area contributed by atoms with Crippen molar-refractivity contribution in [1.82, 2.24) is 20.3 Å². The van der Waals surface area contributed by atoms with Crippen LogP contribution in [0.5, 0.6) is 0 Å².